The van der Waals surface area contributed by atoms with Crippen molar-refractivity contribution in [3.8, 4) is 5.40 Å². The Morgan fingerprint density at radius 2 is 2.27 bits per heavy atom. The summed E-state index contributed by atoms with van der Waals surface area (Å²) in [5.41, 5.74) is 0.0941. The number of thiocyanates is 1. The van der Waals surface area contributed by atoms with E-state index in [1.54, 1.807) is 11.5 Å². The van der Waals surface area contributed by atoms with Gasteiger partial charge >= 0.3 is 11.7 Å². The van der Waals surface area contributed by atoms with E-state index >= 15 is 0 Å². The number of anilines is 2. The molecular formula is C12H7N5O4S. The average molecular weight is 317 g/mol. The Kier molecular flexibility index (Phi) is 4.50. The second-order valence-corrected chi connectivity index (χ2v) is 4.62. The zero-order valence-corrected chi connectivity index (χ0v) is 11.6. The predicted molar refractivity (Wildman–Crippen MR) is 76.8 cm³/mol. The van der Waals surface area contributed by atoms with Gasteiger partial charge in [-0.2, -0.15) is 10.2 Å². The van der Waals surface area contributed by atoms with Crippen molar-refractivity contribution in [2.45, 2.75) is 5.03 Å². The number of nitrogens with one attached hydrogen (secondary N) is 1. The lowest BCUT2D eigenvalue weighted by molar-refractivity contribution is -0.388. The van der Waals surface area contributed by atoms with Crippen LogP contribution < -0.4 is 5.32 Å². The molecule has 22 heavy (non-hydrogen) atoms. The molecule has 0 bridgehead atoms. The van der Waals surface area contributed by atoms with Crippen LogP contribution >= 0.6 is 11.8 Å². The molecule has 1 aromatic heterocycles. The van der Waals surface area contributed by atoms with Crippen molar-refractivity contribution in [2.75, 3.05) is 5.32 Å². The molecule has 0 radical (unpaired) electrons. The molecular weight excluding hydrogens is 310 g/mol. The van der Waals surface area contributed by atoms with Crippen LogP contribution in [-0.2, 0) is 0 Å². The summed E-state index contributed by atoms with van der Waals surface area (Å²) in [5, 5.41) is 32.7. The van der Waals surface area contributed by atoms with Crippen LogP contribution in [0.1, 0.15) is 10.4 Å². The van der Waals surface area contributed by atoms with E-state index in [4.69, 9.17) is 10.4 Å². The number of nitro groups is 1. The number of aromatic carboxylic acids is 1. The summed E-state index contributed by atoms with van der Waals surface area (Å²) in [4.78, 5) is 28.7. The van der Waals surface area contributed by atoms with Gasteiger partial charge in [0.05, 0.1) is 10.5 Å². The first kappa shape index (κ1) is 15.2. The molecule has 1 aromatic carbocycles. The lowest BCUT2D eigenvalue weighted by Gasteiger charge is -2.06. The lowest BCUT2D eigenvalue weighted by Crippen LogP contribution is -2.02. The van der Waals surface area contributed by atoms with Gasteiger partial charge in [-0.15, -0.1) is 0 Å². The molecule has 0 aliphatic heterocycles. The summed E-state index contributed by atoms with van der Waals surface area (Å²) in [6.45, 7) is 0. The Morgan fingerprint density at radius 1 is 1.50 bits per heavy atom. The molecule has 2 rings (SSSR count). The first-order chi connectivity index (χ1) is 10.5. The minimum absolute atomic E-state index is 0.0193. The van der Waals surface area contributed by atoms with Gasteiger partial charge in [0.2, 0.25) is 5.95 Å². The second kappa shape index (κ2) is 6.51. The number of hydrogen-bond acceptors (Lipinski definition) is 8. The van der Waals surface area contributed by atoms with Crippen LogP contribution in [0.3, 0.4) is 0 Å². The third kappa shape index (κ3) is 3.47. The highest BCUT2D eigenvalue weighted by Gasteiger charge is 2.18. The van der Waals surface area contributed by atoms with Crippen LogP contribution in [0.15, 0.2) is 35.5 Å². The van der Waals surface area contributed by atoms with Crippen molar-refractivity contribution in [3.63, 3.8) is 0 Å². The standard InChI is InChI=1S/C12H7N5O4S/c13-6-22-10-9(17(20)21)5-14-12(16-10)15-8-3-1-2-7(4-8)11(18)19/h1-5H,(H,18,19)(H,14,15,16). The molecule has 10 heteroatoms. The van der Waals surface area contributed by atoms with E-state index in [9.17, 15) is 14.9 Å². The van der Waals surface area contributed by atoms with Crippen LogP contribution in [0.4, 0.5) is 17.3 Å². The van der Waals surface area contributed by atoms with Crippen molar-refractivity contribution >= 4 is 35.1 Å². The fourth-order valence-corrected chi connectivity index (χ4v) is 1.97. The van der Waals surface area contributed by atoms with Gasteiger partial charge in [-0.3, -0.25) is 10.1 Å². The first-order valence-electron chi connectivity index (χ1n) is 5.69. The van der Waals surface area contributed by atoms with Gasteiger partial charge in [0.25, 0.3) is 0 Å². The van der Waals surface area contributed by atoms with E-state index in [1.807, 2.05) is 0 Å². The third-order valence-electron chi connectivity index (χ3n) is 2.44. The van der Waals surface area contributed by atoms with Crippen LogP contribution in [0, 0.1) is 20.8 Å². The zero-order valence-electron chi connectivity index (χ0n) is 10.8. The molecule has 0 unspecified atom stereocenters. The van der Waals surface area contributed by atoms with Gasteiger partial charge in [0, 0.05) is 17.4 Å². The number of benzene rings is 1. The maximum atomic E-state index is 10.9. The number of carbonyl (C=O) groups is 1. The predicted octanol–water partition coefficient (Wildman–Crippen LogP) is 2.40. The van der Waals surface area contributed by atoms with Gasteiger partial charge in [-0.1, -0.05) is 6.07 Å². The topological polar surface area (TPSA) is 142 Å². The largest absolute Gasteiger partial charge is 0.478 e. The van der Waals surface area contributed by atoms with E-state index in [-0.39, 0.29) is 22.2 Å². The molecule has 0 spiro atoms. The molecule has 0 atom stereocenters. The number of aromatic nitrogens is 2. The van der Waals surface area contributed by atoms with E-state index in [2.05, 4.69) is 15.3 Å². The average Bonchev–Trinajstić information content (AvgIpc) is 2.48. The molecule has 0 fully saturated rings. The number of rotatable bonds is 5. The number of nitrogens with zero attached hydrogens (tertiary/aromatic N) is 4. The molecule has 0 aliphatic rings. The highest BCUT2D eigenvalue weighted by atomic mass is 32.2. The molecule has 0 saturated heterocycles. The van der Waals surface area contributed by atoms with Crippen molar-refractivity contribution in [3.05, 3.63) is 46.1 Å². The summed E-state index contributed by atoms with van der Waals surface area (Å²) in [6.07, 6.45) is 0.982. The number of hydrogen-bond donors (Lipinski definition) is 2. The highest BCUT2D eigenvalue weighted by Crippen LogP contribution is 2.27. The van der Waals surface area contributed by atoms with Crippen LogP contribution in [0.2, 0.25) is 0 Å². The summed E-state index contributed by atoms with van der Waals surface area (Å²) in [6, 6.07) is 5.90. The normalized spacial score (nSPS) is 9.77. The molecule has 0 saturated carbocycles. The Hall–Kier alpha value is -3.19. The van der Waals surface area contributed by atoms with Crippen molar-refractivity contribution in [2.24, 2.45) is 0 Å². The van der Waals surface area contributed by atoms with Gasteiger partial charge in [0.15, 0.2) is 5.03 Å². The lowest BCUT2D eigenvalue weighted by atomic mass is 10.2. The molecule has 110 valence electrons. The summed E-state index contributed by atoms with van der Waals surface area (Å²) >= 11 is 0.542. The quantitative estimate of drug-likeness (QED) is 0.279. The van der Waals surface area contributed by atoms with Crippen LogP contribution in [0.5, 0.6) is 0 Å². The van der Waals surface area contributed by atoms with Crippen molar-refractivity contribution in [1.29, 1.82) is 5.26 Å². The maximum Gasteiger partial charge on any atom is 0.335 e. The van der Waals surface area contributed by atoms with E-state index < -0.39 is 10.9 Å². The molecule has 0 amide bonds. The number of carboxylic acid groups (broad SMARTS) is 1. The molecule has 1 heterocycles. The molecule has 2 aromatic rings. The zero-order chi connectivity index (χ0) is 16.1. The summed E-state index contributed by atoms with van der Waals surface area (Å²) in [7, 11) is 0. The Labute approximate surface area is 127 Å². The highest BCUT2D eigenvalue weighted by molar-refractivity contribution is 8.03. The minimum atomic E-state index is -1.09. The van der Waals surface area contributed by atoms with E-state index in [1.165, 1.54) is 18.2 Å². The summed E-state index contributed by atoms with van der Waals surface area (Å²) < 4.78 is 0. The van der Waals surface area contributed by atoms with E-state index in [0.29, 0.717) is 17.4 Å². The number of nitriles is 1. The fraction of sp³-hybridized carbons (Fsp3) is 0. The number of carboxylic acids is 1. The molecule has 0 aliphatic carbocycles. The van der Waals surface area contributed by atoms with Crippen molar-refractivity contribution in [1.82, 2.24) is 9.97 Å². The Bertz CT molecular complexity index is 789. The van der Waals surface area contributed by atoms with Gasteiger partial charge < -0.3 is 10.4 Å². The van der Waals surface area contributed by atoms with Crippen molar-refractivity contribution < 1.29 is 14.8 Å². The smallest absolute Gasteiger partial charge is 0.335 e. The fourth-order valence-electron chi connectivity index (χ4n) is 1.52. The van der Waals surface area contributed by atoms with Crippen LogP contribution in [-0.4, -0.2) is 26.0 Å². The van der Waals surface area contributed by atoms with Gasteiger partial charge in [-0.25, -0.2) is 9.78 Å². The Balaban J connectivity index is 2.32. The molecule has 2 N–H and O–H groups in total. The first-order valence-corrected chi connectivity index (χ1v) is 6.50. The van der Waals surface area contributed by atoms with Crippen LogP contribution in [0.25, 0.3) is 0 Å². The minimum Gasteiger partial charge on any atom is -0.478 e. The third-order valence-corrected chi connectivity index (χ3v) is 3.03. The SMILES string of the molecule is N#CSc1nc(Nc2cccc(C(=O)O)c2)ncc1[N+](=O)[O-]. The Morgan fingerprint density at radius 3 is 2.91 bits per heavy atom. The van der Waals surface area contributed by atoms with Gasteiger partial charge in [-0.05, 0) is 18.2 Å². The van der Waals surface area contributed by atoms with Gasteiger partial charge in [0.1, 0.15) is 11.6 Å². The monoisotopic (exact) mass is 317 g/mol. The number of thioether (sulfide) groups is 1. The molecule has 9 nitrogen and oxygen atoms in total. The summed E-state index contributed by atoms with van der Waals surface area (Å²) in [5.74, 6) is -1.07. The maximum absolute atomic E-state index is 10.9. The van der Waals surface area contributed by atoms with E-state index in [0.717, 1.165) is 6.20 Å². The second-order valence-electron chi connectivity index (χ2n) is 3.85.